The molecule has 3 aromatic rings. The van der Waals surface area contributed by atoms with Crippen LogP contribution in [0.25, 0.3) is 5.82 Å². The smallest absolute Gasteiger partial charge is 0.272 e. The molecule has 2 heterocycles. The fourth-order valence-corrected chi connectivity index (χ4v) is 2.17. The van der Waals surface area contributed by atoms with Crippen molar-refractivity contribution >= 4 is 5.69 Å². The van der Waals surface area contributed by atoms with Crippen LogP contribution in [0.4, 0.5) is 5.69 Å². The Balaban J connectivity index is 1.87. The number of aromatic nitrogens is 3. The molecule has 0 fully saturated rings. The summed E-state index contributed by atoms with van der Waals surface area (Å²) in [5.41, 5.74) is 1.29. The normalized spacial score (nSPS) is 10.5. The summed E-state index contributed by atoms with van der Waals surface area (Å²) in [6, 6.07) is 10.4. The van der Waals surface area contributed by atoms with Gasteiger partial charge in [0, 0.05) is 30.1 Å². The van der Waals surface area contributed by atoms with Crippen LogP contribution in [0.15, 0.2) is 48.8 Å². The number of nitrogens with zero attached hydrogens (tertiary/aromatic N) is 4. The number of benzene rings is 1. The molecule has 0 amide bonds. The zero-order chi connectivity index (χ0) is 16.4. The average Bonchev–Trinajstić information content (AvgIpc) is 3.00. The van der Waals surface area contributed by atoms with Crippen LogP contribution in [0.3, 0.4) is 0 Å². The molecular formula is C16H14N4O3. The molecule has 7 heteroatoms. The van der Waals surface area contributed by atoms with Crippen LogP contribution in [0.1, 0.15) is 11.1 Å². The highest BCUT2D eigenvalue weighted by molar-refractivity contribution is 5.50. The maximum absolute atomic E-state index is 10.9. The Morgan fingerprint density at radius 1 is 1.17 bits per heavy atom. The van der Waals surface area contributed by atoms with Crippen molar-refractivity contribution in [3.05, 3.63) is 70.0 Å². The van der Waals surface area contributed by atoms with E-state index in [2.05, 4.69) is 10.1 Å². The molecule has 2 aromatic heterocycles. The molecule has 0 unspecified atom stereocenters. The van der Waals surface area contributed by atoms with Crippen molar-refractivity contribution in [3.63, 3.8) is 0 Å². The number of pyridine rings is 1. The fraction of sp³-hybridized carbons (Fsp3) is 0.125. The van der Waals surface area contributed by atoms with Crippen molar-refractivity contribution in [1.82, 2.24) is 14.8 Å². The van der Waals surface area contributed by atoms with Crippen LogP contribution < -0.4 is 4.74 Å². The van der Waals surface area contributed by atoms with Gasteiger partial charge in [0.25, 0.3) is 5.69 Å². The standard InChI is InChI=1S/C16H14N4O3/c1-11-10-14(12(2)9-13(11)20(21)22)23-16-6-8-19(18-16)15-5-3-4-7-17-15/h3-10H,1-2H3. The van der Waals surface area contributed by atoms with Gasteiger partial charge >= 0.3 is 0 Å². The third-order valence-electron chi connectivity index (χ3n) is 3.35. The number of hydrogen-bond acceptors (Lipinski definition) is 5. The third kappa shape index (κ3) is 3.03. The van der Waals surface area contributed by atoms with Crippen molar-refractivity contribution in [3.8, 4) is 17.4 Å². The van der Waals surface area contributed by atoms with E-state index in [1.54, 1.807) is 43.1 Å². The number of nitro groups is 1. The van der Waals surface area contributed by atoms with Gasteiger partial charge in [0.2, 0.25) is 5.88 Å². The maximum Gasteiger partial charge on any atom is 0.272 e. The number of nitro benzene ring substituents is 1. The van der Waals surface area contributed by atoms with Crippen molar-refractivity contribution in [2.24, 2.45) is 0 Å². The van der Waals surface area contributed by atoms with Crippen LogP contribution in [-0.2, 0) is 0 Å². The molecule has 23 heavy (non-hydrogen) atoms. The molecule has 0 N–H and O–H groups in total. The number of rotatable bonds is 4. The molecule has 0 aliphatic rings. The zero-order valence-electron chi connectivity index (χ0n) is 12.6. The third-order valence-corrected chi connectivity index (χ3v) is 3.35. The Bertz CT molecular complexity index is 859. The predicted octanol–water partition coefficient (Wildman–Crippen LogP) is 3.58. The van der Waals surface area contributed by atoms with Crippen molar-refractivity contribution in [1.29, 1.82) is 0 Å². The topological polar surface area (TPSA) is 83.1 Å². The lowest BCUT2D eigenvalue weighted by molar-refractivity contribution is -0.385. The first kappa shape index (κ1) is 14.7. The Kier molecular flexibility index (Phi) is 3.76. The van der Waals surface area contributed by atoms with E-state index in [-0.39, 0.29) is 5.69 Å². The second kappa shape index (κ2) is 5.88. The van der Waals surface area contributed by atoms with E-state index < -0.39 is 4.92 Å². The van der Waals surface area contributed by atoms with Gasteiger partial charge in [0.1, 0.15) is 5.75 Å². The number of ether oxygens (including phenoxy) is 1. The molecule has 0 saturated carbocycles. The first-order chi connectivity index (χ1) is 11.0. The first-order valence-corrected chi connectivity index (χ1v) is 6.95. The summed E-state index contributed by atoms with van der Waals surface area (Å²) >= 11 is 0. The molecule has 0 radical (unpaired) electrons. The van der Waals surface area contributed by atoms with Gasteiger partial charge < -0.3 is 4.74 Å². The molecule has 0 aliphatic carbocycles. The highest BCUT2D eigenvalue weighted by Gasteiger charge is 2.15. The summed E-state index contributed by atoms with van der Waals surface area (Å²) in [7, 11) is 0. The summed E-state index contributed by atoms with van der Waals surface area (Å²) < 4.78 is 7.34. The largest absolute Gasteiger partial charge is 0.437 e. The van der Waals surface area contributed by atoms with Gasteiger partial charge in [-0.2, -0.15) is 0 Å². The van der Waals surface area contributed by atoms with E-state index in [1.807, 2.05) is 18.2 Å². The van der Waals surface area contributed by atoms with Crippen LogP contribution in [0.5, 0.6) is 11.6 Å². The van der Waals surface area contributed by atoms with Crippen LogP contribution in [-0.4, -0.2) is 19.7 Å². The van der Waals surface area contributed by atoms with Crippen molar-refractivity contribution in [2.75, 3.05) is 0 Å². The van der Waals surface area contributed by atoms with Crippen molar-refractivity contribution in [2.45, 2.75) is 13.8 Å². The molecule has 0 saturated heterocycles. The van der Waals surface area contributed by atoms with E-state index in [9.17, 15) is 10.1 Å². The number of aryl methyl sites for hydroxylation is 2. The van der Waals surface area contributed by atoms with Gasteiger partial charge in [-0.1, -0.05) is 6.07 Å². The summed E-state index contributed by atoms with van der Waals surface area (Å²) in [4.78, 5) is 14.7. The summed E-state index contributed by atoms with van der Waals surface area (Å²) in [6.07, 6.45) is 3.42. The zero-order valence-corrected chi connectivity index (χ0v) is 12.6. The molecule has 116 valence electrons. The molecule has 7 nitrogen and oxygen atoms in total. The summed E-state index contributed by atoms with van der Waals surface area (Å²) in [5, 5.41) is 15.2. The molecule has 0 atom stereocenters. The van der Waals surface area contributed by atoms with Gasteiger partial charge in [-0.3, -0.25) is 10.1 Å². The van der Waals surface area contributed by atoms with Crippen LogP contribution in [0, 0.1) is 24.0 Å². The second-order valence-corrected chi connectivity index (χ2v) is 5.05. The van der Waals surface area contributed by atoms with Crippen LogP contribution >= 0.6 is 0 Å². The quantitative estimate of drug-likeness (QED) is 0.543. The average molecular weight is 310 g/mol. The molecule has 1 aromatic carbocycles. The van der Waals surface area contributed by atoms with Gasteiger partial charge in [-0.15, -0.1) is 5.10 Å². The van der Waals surface area contributed by atoms with E-state index in [0.717, 1.165) is 0 Å². The Labute approximate surface area is 132 Å². The minimum absolute atomic E-state index is 0.0777. The van der Waals surface area contributed by atoms with E-state index in [0.29, 0.717) is 28.6 Å². The maximum atomic E-state index is 10.9. The monoisotopic (exact) mass is 310 g/mol. The lowest BCUT2D eigenvalue weighted by atomic mass is 10.1. The van der Waals surface area contributed by atoms with Crippen LogP contribution in [0.2, 0.25) is 0 Å². The lowest BCUT2D eigenvalue weighted by Crippen LogP contribution is -1.98. The Morgan fingerprint density at radius 2 is 2.00 bits per heavy atom. The van der Waals surface area contributed by atoms with Gasteiger partial charge in [0.05, 0.1) is 4.92 Å². The van der Waals surface area contributed by atoms with E-state index in [1.165, 1.54) is 6.07 Å². The SMILES string of the molecule is Cc1cc([N+](=O)[O-])c(C)cc1Oc1ccn(-c2ccccn2)n1. The highest BCUT2D eigenvalue weighted by atomic mass is 16.6. The summed E-state index contributed by atoms with van der Waals surface area (Å²) in [6.45, 7) is 3.44. The van der Waals surface area contributed by atoms with Gasteiger partial charge in [-0.05, 0) is 37.6 Å². The molecule has 0 aliphatic heterocycles. The summed E-state index contributed by atoms with van der Waals surface area (Å²) in [5.74, 6) is 1.62. The fourth-order valence-electron chi connectivity index (χ4n) is 2.17. The Hall–Kier alpha value is -3.22. The highest BCUT2D eigenvalue weighted by Crippen LogP contribution is 2.30. The minimum atomic E-state index is -0.401. The molecule has 0 spiro atoms. The van der Waals surface area contributed by atoms with Gasteiger partial charge in [-0.25, -0.2) is 9.67 Å². The molecule has 0 bridgehead atoms. The first-order valence-electron chi connectivity index (χ1n) is 6.95. The minimum Gasteiger partial charge on any atom is -0.437 e. The molecule has 3 rings (SSSR count). The molecular weight excluding hydrogens is 296 g/mol. The predicted molar refractivity (Wildman–Crippen MR) is 84.0 cm³/mol. The Morgan fingerprint density at radius 3 is 2.70 bits per heavy atom. The van der Waals surface area contributed by atoms with Gasteiger partial charge in [0.15, 0.2) is 5.82 Å². The van der Waals surface area contributed by atoms with E-state index in [4.69, 9.17) is 4.74 Å². The second-order valence-electron chi connectivity index (χ2n) is 5.05. The van der Waals surface area contributed by atoms with E-state index >= 15 is 0 Å². The number of hydrogen-bond donors (Lipinski definition) is 0. The lowest BCUT2D eigenvalue weighted by Gasteiger charge is -2.07. The van der Waals surface area contributed by atoms with Crippen molar-refractivity contribution < 1.29 is 9.66 Å².